The molecule has 11 heteroatoms. The Bertz CT molecular complexity index is 1310. The van der Waals surface area contributed by atoms with Crippen LogP contribution in [0.5, 0.6) is 17.2 Å². The van der Waals surface area contributed by atoms with Gasteiger partial charge in [-0.2, -0.15) is 5.10 Å². The predicted molar refractivity (Wildman–Crippen MR) is 141 cm³/mol. The van der Waals surface area contributed by atoms with E-state index in [9.17, 15) is 14.4 Å². The summed E-state index contributed by atoms with van der Waals surface area (Å²) >= 11 is 11.9. The number of carbonyl (C=O) groups excluding carboxylic acids is 3. The first-order valence-corrected chi connectivity index (χ1v) is 11.9. The number of hydrazone groups is 1. The van der Waals surface area contributed by atoms with Gasteiger partial charge in [-0.05, 0) is 80.1 Å². The summed E-state index contributed by atoms with van der Waals surface area (Å²) in [4.78, 5) is 36.7. The molecule has 0 aliphatic heterocycles. The van der Waals surface area contributed by atoms with Gasteiger partial charge in [0.25, 0.3) is 0 Å². The van der Waals surface area contributed by atoms with Gasteiger partial charge in [0.1, 0.15) is 5.75 Å². The first-order valence-electron chi connectivity index (χ1n) is 11.1. The highest BCUT2D eigenvalue weighted by atomic mass is 35.5. The Morgan fingerprint density at radius 1 is 0.865 bits per heavy atom. The van der Waals surface area contributed by atoms with Crippen molar-refractivity contribution in [2.45, 2.75) is 13.8 Å². The first kappa shape index (κ1) is 27.5. The molecule has 2 N–H and O–H groups in total. The third kappa shape index (κ3) is 7.96. The van der Waals surface area contributed by atoms with Crippen LogP contribution in [0.4, 0.5) is 5.69 Å². The van der Waals surface area contributed by atoms with E-state index in [-0.39, 0.29) is 16.5 Å². The van der Waals surface area contributed by atoms with Gasteiger partial charge >= 0.3 is 17.8 Å². The monoisotopic (exact) mass is 543 g/mol. The minimum Gasteiger partial charge on any atom is -0.494 e. The number of rotatable bonds is 9. The van der Waals surface area contributed by atoms with Gasteiger partial charge in [0.05, 0.1) is 35.7 Å². The molecule has 0 aromatic heterocycles. The van der Waals surface area contributed by atoms with Crippen LogP contribution in [-0.2, 0) is 9.59 Å². The molecule has 0 atom stereocenters. The second-order valence-corrected chi connectivity index (χ2v) is 8.11. The maximum absolute atomic E-state index is 12.6. The van der Waals surface area contributed by atoms with Crippen molar-refractivity contribution in [2.75, 3.05) is 18.5 Å². The van der Waals surface area contributed by atoms with Crippen LogP contribution in [-0.4, -0.2) is 37.2 Å². The predicted octanol–water partition coefficient (Wildman–Crippen LogP) is 5.10. The summed E-state index contributed by atoms with van der Waals surface area (Å²) in [6.07, 6.45) is 1.30. The molecule has 9 nitrogen and oxygen atoms in total. The second kappa shape index (κ2) is 13.3. The normalized spacial score (nSPS) is 10.6. The molecular formula is C26H23Cl2N3O6. The minimum atomic E-state index is -1.02. The lowest BCUT2D eigenvalue weighted by molar-refractivity contribution is -0.136. The number of hydrogen-bond donors (Lipinski definition) is 2. The van der Waals surface area contributed by atoms with Crippen LogP contribution >= 0.6 is 23.2 Å². The van der Waals surface area contributed by atoms with Crippen molar-refractivity contribution in [1.29, 1.82) is 0 Å². The highest BCUT2D eigenvalue weighted by Crippen LogP contribution is 2.29. The van der Waals surface area contributed by atoms with Crippen molar-refractivity contribution in [1.82, 2.24) is 5.43 Å². The average Bonchev–Trinajstić information content (AvgIpc) is 2.88. The minimum absolute atomic E-state index is 0.190. The number of amides is 2. The van der Waals surface area contributed by atoms with E-state index in [0.717, 1.165) is 0 Å². The van der Waals surface area contributed by atoms with E-state index in [2.05, 4.69) is 15.8 Å². The molecular weight excluding hydrogens is 521 g/mol. The molecule has 0 bridgehead atoms. The lowest BCUT2D eigenvalue weighted by atomic mass is 10.2. The van der Waals surface area contributed by atoms with Crippen molar-refractivity contribution in [2.24, 2.45) is 5.10 Å². The van der Waals surface area contributed by atoms with Gasteiger partial charge in [-0.3, -0.25) is 9.59 Å². The van der Waals surface area contributed by atoms with E-state index in [1.54, 1.807) is 49.4 Å². The van der Waals surface area contributed by atoms with E-state index < -0.39 is 17.8 Å². The number of nitrogens with one attached hydrogen (secondary N) is 2. The molecule has 0 saturated carbocycles. The first-order chi connectivity index (χ1) is 17.8. The SMILES string of the molecule is CCOc1ccc(C(=O)Oc2ccc(/C=N/NC(=O)C(=O)Nc3cc(Cl)ccc3Cl)cc2OCC)cc1. The smallest absolute Gasteiger partial charge is 0.343 e. The number of ether oxygens (including phenoxy) is 3. The lowest BCUT2D eigenvalue weighted by Gasteiger charge is -2.11. The molecule has 2 amide bonds. The Kier molecular flexibility index (Phi) is 9.88. The molecule has 0 heterocycles. The van der Waals surface area contributed by atoms with Crippen molar-refractivity contribution in [3.63, 3.8) is 0 Å². The molecule has 0 aliphatic carbocycles. The van der Waals surface area contributed by atoms with Crippen LogP contribution < -0.4 is 25.0 Å². The number of benzene rings is 3. The molecule has 0 aliphatic rings. The number of esters is 1. The molecule has 0 saturated heterocycles. The standard InChI is InChI=1S/C26H23Cl2N3O6/c1-3-35-19-9-6-17(7-10-19)26(34)37-22-12-5-16(13-23(22)36-4-2)15-29-31-25(33)24(32)30-21-14-18(27)8-11-20(21)28/h5-15H,3-4H2,1-2H3,(H,30,32)(H,31,33)/b29-15+. The van der Waals surface area contributed by atoms with Crippen molar-refractivity contribution in [3.8, 4) is 17.2 Å². The van der Waals surface area contributed by atoms with Gasteiger partial charge in [0, 0.05) is 5.02 Å². The Hall–Kier alpha value is -4.08. The van der Waals surface area contributed by atoms with Gasteiger partial charge in [-0.25, -0.2) is 10.2 Å². The number of carbonyl (C=O) groups is 3. The molecule has 3 aromatic carbocycles. The van der Waals surface area contributed by atoms with Crippen LogP contribution in [0.3, 0.4) is 0 Å². The summed E-state index contributed by atoms with van der Waals surface area (Å²) in [5.41, 5.74) is 3.18. The second-order valence-electron chi connectivity index (χ2n) is 7.26. The topological polar surface area (TPSA) is 115 Å². The van der Waals surface area contributed by atoms with E-state index >= 15 is 0 Å². The maximum atomic E-state index is 12.6. The zero-order valence-corrected chi connectivity index (χ0v) is 21.4. The van der Waals surface area contributed by atoms with Gasteiger partial charge in [-0.1, -0.05) is 23.2 Å². The molecule has 192 valence electrons. The van der Waals surface area contributed by atoms with Crippen molar-refractivity contribution < 1.29 is 28.6 Å². The molecule has 0 spiro atoms. The summed E-state index contributed by atoms with van der Waals surface area (Å²) in [7, 11) is 0. The summed E-state index contributed by atoms with van der Waals surface area (Å²) < 4.78 is 16.5. The average molecular weight is 544 g/mol. The van der Waals surface area contributed by atoms with Gasteiger partial charge in [-0.15, -0.1) is 0 Å². The van der Waals surface area contributed by atoms with Crippen molar-refractivity contribution >= 4 is 52.9 Å². The fourth-order valence-electron chi connectivity index (χ4n) is 2.96. The molecule has 0 unspecified atom stereocenters. The molecule has 3 aromatic rings. The highest BCUT2D eigenvalue weighted by molar-refractivity contribution is 6.42. The summed E-state index contributed by atoms with van der Waals surface area (Å²) in [5, 5.41) is 6.71. The Balaban J connectivity index is 1.63. The van der Waals surface area contributed by atoms with E-state index in [4.69, 9.17) is 37.4 Å². The zero-order valence-electron chi connectivity index (χ0n) is 19.9. The van der Waals surface area contributed by atoms with E-state index in [1.807, 2.05) is 6.92 Å². The van der Waals surface area contributed by atoms with Crippen LogP contribution in [0.2, 0.25) is 10.0 Å². The number of anilines is 1. The zero-order chi connectivity index (χ0) is 26.8. The lowest BCUT2D eigenvalue weighted by Crippen LogP contribution is -2.32. The largest absolute Gasteiger partial charge is 0.494 e. The van der Waals surface area contributed by atoms with Crippen LogP contribution in [0.25, 0.3) is 0 Å². The van der Waals surface area contributed by atoms with Gasteiger partial charge in [0.15, 0.2) is 11.5 Å². The van der Waals surface area contributed by atoms with Crippen LogP contribution in [0.15, 0.2) is 65.8 Å². The quantitative estimate of drug-likeness (QED) is 0.127. The summed E-state index contributed by atoms with van der Waals surface area (Å²) in [6, 6.07) is 15.7. The summed E-state index contributed by atoms with van der Waals surface area (Å²) in [5.74, 6) is -1.41. The van der Waals surface area contributed by atoms with E-state index in [0.29, 0.717) is 40.9 Å². The number of hydrogen-bond acceptors (Lipinski definition) is 7. The summed E-state index contributed by atoms with van der Waals surface area (Å²) in [6.45, 7) is 4.49. The molecule has 0 fully saturated rings. The van der Waals surface area contributed by atoms with Crippen LogP contribution in [0, 0.1) is 0 Å². The third-order valence-corrected chi connectivity index (χ3v) is 5.20. The Morgan fingerprint density at radius 3 is 2.30 bits per heavy atom. The molecule has 3 rings (SSSR count). The molecule has 37 heavy (non-hydrogen) atoms. The number of halogens is 2. The van der Waals surface area contributed by atoms with Gasteiger partial charge in [0.2, 0.25) is 0 Å². The van der Waals surface area contributed by atoms with Crippen molar-refractivity contribution in [3.05, 3.63) is 81.8 Å². The van der Waals surface area contributed by atoms with Gasteiger partial charge < -0.3 is 19.5 Å². The van der Waals surface area contributed by atoms with E-state index in [1.165, 1.54) is 24.4 Å². The fraction of sp³-hybridized carbons (Fsp3) is 0.154. The highest BCUT2D eigenvalue weighted by Gasteiger charge is 2.16. The van der Waals surface area contributed by atoms with Crippen LogP contribution in [0.1, 0.15) is 29.8 Å². The Labute approximate surface area is 223 Å². The molecule has 0 radical (unpaired) electrons. The maximum Gasteiger partial charge on any atom is 0.343 e. The number of nitrogens with zero attached hydrogens (tertiary/aromatic N) is 1. The third-order valence-electron chi connectivity index (χ3n) is 4.63. The Morgan fingerprint density at radius 2 is 1.59 bits per heavy atom. The fourth-order valence-corrected chi connectivity index (χ4v) is 3.30.